The third kappa shape index (κ3) is 3.31. The molecule has 0 unspecified atom stereocenters. The molecular formula is C19H24N2O2. The summed E-state index contributed by atoms with van der Waals surface area (Å²) in [5, 5.41) is 6.97. The summed E-state index contributed by atoms with van der Waals surface area (Å²) in [6, 6.07) is 7.74. The molecule has 0 spiro atoms. The zero-order valence-corrected chi connectivity index (χ0v) is 14.3. The van der Waals surface area contributed by atoms with Crippen LogP contribution >= 0.6 is 0 Å². The molecule has 4 heteroatoms. The minimum atomic E-state index is -0.150. The minimum Gasteiger partial charge on any atom is -0.338 e. The lowest BCUT2D eigenvalue weighted by atomic mass is 9.86. The molecule has 3 rings (SSSR count). The fourth-order valence-corrected chi connectivity index (χ4v) is 2.98. The molecule has 1 N–H and O–H groups in total. The summed E-state index contributed by atoms with van der Waals surface area (Å²) in [6.07, 6.45) is 2.97. The largest absolute Gasteiger partial charge is 0.338 e. The second-order valence-electron chi connectivity index (χ2n) is 7.57. The van der Waals surface area contributed by atoms with E-state index in [2.05, 4.69) is 38.2 Å². The molecule has 4 nitrogen and oxygen atoms in total. The highest BCUT2D eigenvalue weighted by Crippen LogP contribution is 2.31. The quantitative estimate of drug-likeness (QED) is 0.897. The first-order chi connectivity index (χ1) is 10.8. The number of fused-ring (bicyclic) bond motifs is 1. The molecule has 0 saturated heterocycles. The van der Waals surface area contributed by atoms with Crippen LogP contribution < -0.4 is 5.32 Å². The molecule has 2 aromatic rings. The normalized spacial score (nSPS) is 17.7. The predicted molar refractivity (Wildman–Crippen MR) is 90.8 cm³/mol. The van der Waals surface area contributed by atoms with Crippen molar-refractivity contribution in [3.05, 3.63) is 46.6 Å². The van der Waals surface area contributed by atoms with Crippen molar-refractivity contribution >= 4 is 11.8 Å². The summed E-state index contributed by atoms with van der Waals surface area (Å²) in [5.41, 5.74) is 3.96. The van der Waals surface area contributed by atoms with Gasteiger partial charge < -0.3 is 4.52 Å². The Morgan fingerprint density at radius 1 is 1.26 bits per heavy atom. The van der Waals surface area contributed by atoms with Gasteiger partial charge in [0.2, 0.25) is 5.88 Å². The molecule has 0 fully saturated rings. The standard InChI is InChI=1S/C19H24N2O2/c1-12-5-10-16-15(11-12)18(23-21-16)20-17(22)13-6-8-14(9-7-13)19(2,3)4/h6-9,12H,5,10-11H2,1-4H3,(H,20,22)/t12-/m1/s1. The van der Waals surface area contributed by atoms with Crippen LogP contribution in [0.15, 0.2) is 28.8 Å². The Morgan fingerprint density at radius 2 is 1.96 bits per heavy atom. The number of aromatic nitrogens is 1. The number of aryl methyl sites for hydroxylation is 1. The first-order valence-electron chi connectivity index (χ1n) is 8.24. The maximum Gasteiger partial charge on any atom is 0.258 e. The average molecular weight is 312 g/mol. The van der Waals surface area contributed by atoms with E-state index in [9.17, 15) is 4.79 Å². The van der Waals surface area contributed by atoms with Crippen LogP contribution in [0.4, 0.5) is 5.88 Å². The van der Waals surface area contributed by atoms with Gasteiger partial charge in [-0.3, -0.25) is 10.1 Å². The summed E-state index contributed by atoms with van der Waals surface area (Å²) < 4.78 is 5.35. The Kier molecular flexibility index (Phi) is 4.00. The molecule has 1 atom stereocenters. The van der Waals surface area contributed by atoms with Gasteiger partial charge >= 0.3 is 0 Å². The van der Waals surface area contributed by atoms with Crippen LogP contribution in [0.1, 0.15) is 61.3 Å². The van der Waals surface area contributed by atoms with Crippen molar-refractivity contribution in [2.45, 2.75) is 52.4 Å². The molecule has 0 saturated carbocycles. The third-order valence-electron chi connectivity index (χ3n) is 4.54. The van der Waals surface area contributed by atoms with Gasteiger partial charge in [-0.2, -0.15) is 0 Å². The van der Waals surface area contributed by atoms with Gasteiger partial charge in [0.15, 0.2) is 0 Å². The Bertz CT molecular complexity index is 708. The highest BCUT2D eigenvalue weighted by molar-refractivity contribution is 6.03. The van der Waals surface area contributed by atoms with E-state index in [4.69, 9.17) is 4.52 Å². The molecule has 0 radical (unpaired) electrons. The van der Waals surface area contributed by atoms with Gasteiger partial charge in [-0.1, -0.05) is 45.0 Å². The molecular weight excluding hydrogens is 288 g/mol. The summed E-state index contributed by atoms with van der Waals surface area (Å²) in [5.74, 6) is 0.961. The number of carbonyl (C=O) groups excluding carboxylic acids is 1. The number of rotatable bonds is 2. The van der Waals surface area contributed by atoms with Crippen LogP contribution in [0, 0.1) is 5.92 Å². The lowest BCUT2D eigenvalue weighted by molar-refractivity contribution is 0.102. The van der Waals surface area contributed by atoms with Gasteiger partial charge in [0.05, 0.1) is 5.69 Å². The van der Waals surface area contributed by atoms with Gasteiger partial charge in [0.1, 0.15) is 0 Å². The fraction of sp³-hybridized carbons (Fsp3) is 0.474. The van der Waals surface area contributed by atoms with Gasteiger partial charge in [-0.25, -0.2) is 0 Å². The number of amides is 1. The molecule has 1 aromatic carbocycles. The number of anilines is 1. The summed E-state index contributed by atoms with van der Waals surface area (Å²) in [6.45, 7) is 8.69. The van der Waals surface area contributed by atoms with E-state index >= 15 is 0 Å². The van der Waals surface area contributed by atoms with E-state index in [1.807, 2.05) is 24.3 Å². The summed E-state index contributed by atoms with van der Waals surface area (Å²) >= 11 is 0. The maximum absolute atomic E-state index is 12.4. The third-order valence-corrected chi connectivity index (χ3v) is 4.54. The van der Waals surface area contributed by atoms with Crippen LogP contribution in [0.3, 0.4) is 0 Å². The smallest absolute Gasteiger partial charge is 0.258 e. The van der Waals surface area contributed by atoms with E-state index in [1.54, 1.807) is 0 Å². The topological polar surface area (TPSA) is 55.1 Å². The van der Waals surface area contributed by atoms with E-state index in [1.165, 1.54) is 5.56 Å². The van der Waals surface area contributed by atoms with Crippen LogP contribution in [-0.2, 0) is 18.3 Å². The van der Waals surface area contributed by atoms with E-state index in [0.717, 1.165) is 30.5 Å². The second-order valence-corrected chi connectivity index (χ2v) is 7.57. The van der Waals surface area contributed by atoms with Crippen molar-refractivity contribution in [2.75, 3.05) is 5.32 Å². The zero-order chi connectivity index (χ0) is 16.6. The molecule has 1 aliphatic rings. The van der Waals surface area contributed by atoms with Crippen molar-refractivity contribution in [3.63, 3.8) is 0 Å². The van der Waals surface area contributed by atoms with Gasteiger partial charge in [-0.15, -0.1) is 0 Å². The fourth-order valence-electron chi connectivity index (χ4n) is 2.98. The van der Waals surface area contributed by atoms with E-state index < -0.39 is 0 Å². The van der Waals surface area contributed by atoms with Crippen molar-refractivity contribution in [2.24, 2.45) is 5.92 Å². The number of nitrogens with zero attached hydrogens (tertiary/aromatic N) is 1. The Morgan fingerprint density at radius 3 is 2.61 bits per heavy atom. The number of carbonyl (C=O) groups is 1. The van der Waals surface area contributed by atoms with Crippen molar-refractivity contribution < 1.29 is 9.32 Å². The number of benzene rings is 1. The highest BCUT2D eigenvalue weighted by Gasteiger charge is 2.24. The molecule has 1 amide bonds. The molecule has 23 heavy (non-hydrogen) atoms. The first-order valence-corrected chi connectivity index (χ1v) is 8.24. The van der Waals surface area contributed by atoms with Gasteiger partial charge in [-0.05, 0) is 48.3 Å². The number of hydrogen-bond donors (Lipinski definition) is 1. The summed E-state index contributed by atoms with van der Waals surface area (Å²) in [4.78, 5) is 12.4. The van der Waals surface area contributed by atoms with Crippen molar-refractivity contribution in [1.29, 1.82) is 0 Å². The van der Waals surface area contributed by atoms with E-state index in [-0.39, 0.29) is 11.3 Å². The van der Waals surface area contributed by atoms with Crippen molar-refractivity contribution in [1.82, 2.24) is 5.16 Å². The van der Waals surface area contributed by atoms with Crippen LogP contribution in [0.25, 0.3) is 0 Å². The summed E-state index contributed by atoms with van der Waals surface area (Å²) in [7, 11) is 0. The zero-order valence-electron chi connectivity index (χ0n) is 14.3. The van der Waals surface area contributed by atoms with Crippen molar-refractivity contribution in [3.8, 4) is 0 Å². The molecule has 1 aromatic heterocycles. The predicted octanol–water partition coefficient (Wildman–Crippen LogP) is 4.35. The monoisotopic (exact) mass is 312 g/mol. The second kappa shape index (κ2) is 5.84. The number of nitrogens with one attached hydrogen (secondary N) is 1. The SMILES string of the molecule is C[C@@H]1CCc2noc(NC(=O)c3ccc(C(C)(C)C)cc3)c2C1. The minimum absolute atomic E-state index is 0.0785. The first kappa shape index (κ1) is 15.8. The molecule has 122 valence electrons. The molecule has 1 heterocycles. The molecule has 0 bridgehead atoms. The Labute approximate surface area is 137 Å². The van der Waals surface area contributed by atoms with Crippen LogP contribution in [0.2, 0.25) is 0 Å². The van der Waals surface area contributed by atoms with Gasteiger partial charge in [0, 0.05) is 11.1 Å². The lowest BCUT2D eigenvalue weighted by Crippen LogP contribution is -2.16. The van der Waals surface area contributed by atoms with Gasteiger partial charge in [0.25, 0.3) is 5.91 Å². The maximum atomic E-state index is 12.4. The van der Waals surface area contributed by atoms with E-state index in [0.29, 0.717) is 17.4 Å². The highest BCUT2D eigenvalue weighted by atomic mass is 16.5. The van der Waals surface area contributed by atoms with Crippen LogP contribution in [0.5, 0.6) is 0 Å². The van der Waals surface area contributed by atoms with Crippen LogP contribution in [-0.4, -0.2) is 11.1 Å². The number of hydrogen-bond acceptors (Lipinski definition) is 3. The Hall–Kier alpha value is -2.10. The Balaban J connectivity index is 1.76. The molecule has 1 aliphatic carbocycles. The average Bonchev–Trinajstić information content (AvgIpc) is 2.89. The molecule has 0 aliphatic heterocycles. The lowest BCUT2D eigenvalue weighted by Gasteiger charge is -2.19.